The minimum atomic E-state index is 0.347. The van der Waals surface area contributed by atoms with Gasteiger partial charge in [0, 0.05) is 26.0 Å². The van der Waals surface area contributed by atoms with E-state index in [0.717, 1.165) is 19.3 Å². The molecule has 116 valence electrons. The zero-order valence-corrected chi connectivity index (χ0v) is 13.6. The average Bonchev–Trinajstić information content (AvgIpc) is 2.85. The van der Waals surface area contributed by atoms with Gasteiger partial charge in [-0.25, -0.2) is 4.99 Å². The molecule has 5 N–H and O–H groups in total. The Morgan fingerprint density at radius 2 is 2.10 bits per heavy atom. The van der Waals surface area contributed by atoms with Gasteiger partial charge in [-0.1, -0.05) is 13.8 Å². The fourth-order valence-electron chi connectivity index (χ4n) is 1.20. The Labute approximate surface area is 123 Å². The van der Waals surface area contributed by atoms with Gasteiger partial charge >= 0.3 is 0 Å². The third kappa shape index (κ3) is 10.1. The van der Waals surface area contributed by atoms with Gasteiger partial charge in [0.25, 0.3) is 0 Å². The van der Waals surface area contributed by atoms with Crippen molar-refractivity contribution >= 4 is 12.3 Å². The molecule has 0 aromatic carbocycles. The molecule has 0 aliphatic heterocycles. The lowest BCUT2D eigenvalue weighted by Crippen LogP contribution is -2.30. The average molecular weight is 282 g/mol. The first kappa shape index (κ1) is 20.5. The van der Waals surface area contributed by atoms with Gasteiger partial charge in [0.2, 0.25) is 0 Å². The Morgan fingerprint density at radius 1 is 1.50 bits per heavy atom. The van der Waals surface area contributed by atoms with Crippen molar-refractivity contribution in [2.24, 2.45) is 10.7 Å². The molecule has 0 atom stereocenters. The molecular formula is C14H30N6. The summed E-state index contributed by atoms with van der Waals surface area (Å²) < 4.78 is 0. The van der Waals surface area contributed by atoms with Crippen LogP contribution in [0.2, 0.25) is 0 Å². The van der Waals surface area contributed by atoms with Crippen molar-refractivity contribution in [1.82, 2.24) is 15.2 Å². The van der Waals surface area contributed by atoms with Crippen molar-refractivity contribution in [3.63, 3.8) is 0 Å². The van der Waals surface area contributed by atoms with Crippen LogP contribution in [0.5, 0.6) is 0 Å². The minimum absolute atomic E-state index is 0.347. The highest BCUT2D eigenvalue weighted by Gasteiger charge is 1.95. The number of aliphatic imine (C=N–C) groups is 1. The van der Waals surface area contributed by atoms with Crippen LogP contribution in [0.3, 0.4) is 0 Å². The number of H-pyrrole nitrogens is 1. The van der Waals surface area contributed by atoms with Crippen LogP contribution in [-0.4, -0.2) is 49.9 Å². The van der Waals surface area contributed by atoms with Gasteiger partial charge in [0.05, 0.1) is 0 Å². The third-order valence-corrected chi connectivity index (χ3v) is 2.37. The normalized spacial score (nSPS) is 9.80. The smallest absolute Gasteiger partial charge is 0.196 e. The SMILES string of the molecule is CC.CN(C)C(N)=NC=N.CNCCc1cc[nH]c1C. The molecule has 1 aromatic heterocycles. The van der Waals surface area contributed by atoms with Crippen LogP contribution in [-0.2, 0) is 6.42 Å². The molecule has 6 nitrogen and oxygen atoms in total. The zero-order chi connectivity index (χ0) is 16.0. The highest BCUT2D eigenvalue weighted by Crippen LogP contribution is 2.04. The monoisotopic (exact) mass is 282 g/mol. The lowest BCUT2D eigenvalue weighted by atomic mass is 10.2. The fraction of sp³-hybridized carbons (Fsp3) is 0.571. The number of likely N-dealkylation sites (N-methyl/N-ethyl adjacent to an activating group) is 1. The summed E-state index contributed by atoms with van der Waals surface area (Å²) in [5.41, 5.74) is 7.95. The first-order valence-corrected chi connectivity index (χ1v) is 6.79. The lowest BCUT2D eigenvalue weighted by Gasteiger charge is -2.07. The van der Waals surface area contributed by atoms with E-state index in [1.807, 2.05) is 27.1 Å². The van der Waals surface area contributed by atoms with Gasteiger partial charge in [0.1, 0.15) is 6.34 Å². The molecule has 1 rings (SSSR count). The van der Waals surface area contributed by atoms with Crippen molar-refractivity contribution in [2.75, 3.05) is 27.7 Å². The molecule has 0 saturated carbocycles. The van der Waals surface area contributed by atoms with Crippen molar-refractivity contribution in [3.05, 3.63) is 23.5 Å². The molecule has 0 spiro atoms. The molecule has 0 amide bonds. The van der Waals surface area contributed by atoms with Gasteiger partial charge in [-0.2, -0.15) is 0 Å². The van der Waals surface area contributed by atoms with E-state index >= 15 is 0 Å². The molecule has 20 heavy (non-hydrogen) atoms. The summed E-state index contributed by atoms with van der Waals surface area (Å²) in [6.07, 6.45) is 4.02. The van der Waals surface area contributed by atoms with Crippen molar-refractivity contribution in [2.45, 2.75) is 27.2 Å². The van der Waals surface area contributed by atoms with E-state index in [1.165, 1.54) is 11.3 Å². The van der Waals surface area contributed by atoms with Crippen LogP contribution in [0.25, 0.3) is 0 Å². The molecule has 0 saturated heterocycles. The standard InChI is InChI=1S/C8H14N2.C4H10N4.C2H6/c1-7-8(3-5-9-2)4-6-10-7;1-8(2)4(6)7-3-5;1-2/h4,6,9-10H,3,5H2,1-2H3;3H,1-2H3,(H3,5,6,7);1-2H3. The Kier molecular flexibility index (Phi) is 13.9. The highest BCUT2D eigenvalue weighted by atomic mass is 15.2. The predicted molar refractivity (Wildman–Crippen MR) is 88.6 cm³/mol. The third-order valence-electron chi connectivity index (χ3n) is 2.37. The molecule has 0 unspecified atom stereocenters. The van der Waals surface area contributed by atoms with Crippen LogP contribution < -0.4 is 11.1 Å². The number of aromatic amines is 1. The van der Waals surface area contributed by atoms with Gasteiger partial charge < -0.3 is 20.9 Å². The minimum Gasteiger partial charge on any atom is -0.369 e. The van der Waals surface area contributed by atoms with E-state index in [1.54, 1.807) is 19.0 Å². The summed E-state index contributed by atoms with van der Waals surface area (Å²) in [6, 6.07) is 2.13. The quantitative estimate of drug-likeness (QED) is 0.499. The zero-order valence-electron chi connectivity index (χ0n) is 13.6. The van der Waals surface area contributed by atoms with Gasteiger partial charge in [-0.15, -0.1) is 0 Å². The summed E-state index contributed by atoms with van der Waals surface area (Å²) in [4.78, 5) is 8.27. The summed E-state index contributed by atoms with van der Waals surface area (Å²) in [6.45, 7) is 7.16. The van der Waals surface area contributed by atoms with Crippen LogP contribution in [0.4, 0.5) is 0 Å². The van der Waals surface area contributed by atoms with E-state index in [9.17, 15) is 0 Å². The van der Waals surface area contributed by atoms with E-state index in [2.05, 4.69) is 28.3 Å². The van der Waals surface area contributed by atoms with Gasteiger partial charge in [-0.05, 0) is 38.6 Å². The largest absolute Gasteiger partial charge is 0.369 e. The number of rotatable bonds is 4. The Bertz CT molecular complexity index is 367. The second kappa shape index (κ2) is 13.6. The van der Waals surface area contributed by atoms with Crippen molar-refractivity contribution in [1.29, 1.82) is 5.41 Å². The van der Waals surface area contributed by atoms with Crippen molar-refractivity contribution in [3.8, 4) is 0 Å². The number of aromatic nitrogens is 1. The summed E-state index contributed by atoms with van der Waals surface area (Å²) >= 11 is 0. The number of guanidine groups is 1. The van der Waals surface area contributed by atoms with E-state index in [4.69, 9.17) is 11.1 Å². The molecule has 1 aromatic rings. The number of hydrogen-bond acceptors (Lipinski definition) is 2. The Morgan fingerprint density at radius 3 is 2.40 bits per heavy atom. The van der Waals surface area contributed by atoms with Crippen LogP contribution >= 0.6 is 0 Å². The number of nitrogens with two attached hydrogens (primary N) is 1. The predicted octanol–water partition coefficient (Wildman–Crippen LogP) is 1.58. The second-order valence-corrected chi connectivity index (χ2v) is 3.99. The first-order chi connectivity index (χ1) is 9.52. The Hall–Kier alpha value is -1.82. The fourth-order valence-corrected chi connectivity index (χ4v) is 1.20. The summed E-state index contributed by atoms with van der Waals surface area (Å²) in [5.74, 6) is 0.347. The number of hydrogen-bond donors (Lipinski definition) is 4. The summed E-state index contributed by atoms with van der Waals surface area (Å²) in [5, 5.41) is 9.63. The number of nitrogens with one attached hydrogen (secondary N) is 3. The topological polar surface area (TPSA) is 93.3 Å². The second-order valence-electron chi connectivity index (χ2n) is 3.99. The maximum atomic E-state index is 6.51. The molecule has 0 aliphatic rings. The molecule has 0 radical (unpaired) electrons. The Balaban J connectivity index is 0. The molecule has 0 fully saturated rings. The highest BCUT2D eigenvalue weighted by molar-refractivity contribution is 5.84. The maximum Gasteiger partial charge on any atom is 0.196 e. The van der Waals surface area contributed by atoms with Gasteiger partial charge in [-0.3, -0.25) is 5.41 Å². The van der Waals surface area contributed by atoms with E-state index < -0.39 is 0 Å². The summed E-state index contributed by atoms with van der Waals surface area (Å²) in [7, 11) is 5.51. The first-order valence-electron chi connectivity index (χ1n) is 6.79. The number of nitrogens with zero attached hydrogens (tertiary/aromatic N) is 2. The molecule has 0 bridgehead atoms. The lowest BCUT2D eigenvalue weighted by molar-refractivity contribution is 0.616. The van der Waals surface area contributed by atoms with E-state index in [0.29, 0.717) is 5.96 Å². The van der Waals surface area contributed by atoms with E-state index in [-0.39, 0.29) is 0 Å². The molecule has 1 heterocycles. The van der Waals surface area contributed by atoms with Gasteiger partial charge in [0.15, 0.2) is 5.96 Å². The van der Waals surface area contributed by atoms with Crippen LogP contribution in [0.15, 0.2) is 17.3 Å². The van der Waals surface area contributed by atoms with Crippen LogP contribution in [0.1, 0.15) is 25.1 Å². The molecule has 6 heteroatoms. The van der Waals surface area contributed by atoms with Crippen LogP contribution in [0, 0.1) is 12.3 Å². The molecular weight excluding hydrogens is 252 g/mol. The van der Waals surface area contributed by atoms with Crippen molar-refractivity contribution < 1.29 is 0 Å². The maximum absolute atomic E-state index is 6.51. The number of aryl methyl sites for hydroxylation is 1. The molecule has 0 aliphatic carbocycles.